The molecule has 8 nitrogen and oxygen atoms in total. The molecular formula is C33H35FN4O4S. The van der Waals surface area contributed by atoms with Gasteiger partial charge in [0.15, 0.2) is 0 Å². The molecule has 1 aromatic heterocycles. The molecule has 0 radical (unpaired) electrons. The molecular weight excluding hydrogens is 567 g/mol. The van der Waals surface area contributed by atoms with Crippen LogP contribution in [0.2, 0.25) is 0 Å². The summed E-state index contributed by atoms with van der Waals surface area (Å²) < 4.78 is 56.9. The van der Waals surface area contributed by atoms with Crippen molar-refractivity contribution in [1.82, 2.24) is 14.9 Å². The van der Waals surface area contributed by atoms with E-state index in [9.17, 15) is 8.42 Å². The fourth-order valence-corrected chi connectivity index (χ4v) is 7.62. The maximum atomic E-state index is 16.1. The number of benzene rings is 3. The van der Waals surface area contributed by atoms with Crippen molar-refractivity contribution in [3.63, 3.8) is 0 Å². The molecule has 224 valence electrons. The second-order valence-electron chi connectivity index (χ2n) is 11.0. The molecule has 43 heavy (non-hydrogen) atoms. The summed E-state index contributed by atoms with van der Waals surface area (Å²) in [5.74, 6) is 0.174. The van der Waals surface area contributed by atoms with Crippen LogP contribution in [0.25, 0.3) is 0 Å². The summed E-state index contributed by atoms with van der Waals surface area (Å²) in [6.45, 7) is 3.07. The number of rotatable bonds is 8. The molecule has 4 aromatic rings. The number of halogens is 1. The molecule has 3 heterocycles. The van der Waals surface area contributed by atoms with E-state index >= 15 is 4.39 Å². The van der Waals surface area contributed by atoms with E-state index in [-0.39, 0.29) is 24.6 Å². The molecule has 3 aromatic carbocycles. The van der Waals surface area contributed by atoms with Crippen molar-refractivity contribution in [2.24, 2.45) is 0 Å². The highest BCUT2D eigenvalue weighted by Gasteiger charge is 2.37. The number of hydrogen-bond donors (Lipinski definition) is 0. The van der Waals surface area contributed by atoms with E-state index in [1.54, 1.807) is 25.3 Å². The van der Waals surface area contributed by atoms with Crippen LogP contribution in [-0.2, 0) is 16.6 Å². The second kappa shape index (κ2) is 12.3. The van der Waals surface area contributed by atoms with E-state index < -0.39 is 20.7 Å². The Morgan fingerprint density at radius 1 is 1.00 bits per heavy atom. The van der Waals surface area contributed by atoms with E-state index in [4.69, 9.17) is 9.47 Å². The molecule has 2 atom stereocenters. The highest BCUT2D eigenvalue weighted by Crippen LogP contribution is 2.45. The number of nitrogens with zero attached hydrogens (tertiary/aromatic N) is 4. The number of piperidine rings is 1. The summed E-state index contributed by atoms with van der Waals surface area (Å²) in [5, 5.41) is 0. The van der Waals surface area contributed by atoms with Gasteiger partial charge in [-0.15, -0.1) is 0 Å². The molecule has 2 aliphatic heterocycles. The Balaban J connectivity index is 1.38. The Hall–Kier alpha value is -4.02. The van der Waals surface area contributed by atoms with Gasteiger partial charge >= 0.3 is 0 Å². The molecule has 1 fully saturated rings. The molecule has 0 amide bonds. The van der Waals surface area contributed by atoms with Gasteiger partial charge in [-0.2, -0.15) is 0 Å². The van der Waals surface area contributed by atoms with Crippen LogP contribution in [0.15, 0.2) is 84.0 Å². The van der Waals surface area contributed by atoms with E-state index in [1.807, 2.05) is 31.2 Å². The van der Waals surface area contributed by atoms with Gasteiger partial charge in [0.2, 0.25) is 5.95 Å². The van der Waals surface area contributed by atoms with Gasteiger partial charge in [-0.05, 0) is 67.3 Å². The van der Waals surface area contributed by atoms with E-state index in [1.165, 1.54) is 30.1 Å². The number of sulfonamides is 1. The molecule has 0 aliphatic carbocycles. The first-order valence-electron chi connectivity index (χ1n) is 14.6. The Labute approximate surface area is 252 Å². The third-order valence-corrected chi connectivity index (χ3v) is 10.1. The van der Waals surface area contributed by atoms with Gasteiger partial charge in [-0.25, -0.2) is 27.1 Å². The minimum atomic E-state index is -4.44. The second-order valence-corrected chi connectivity index (χ2v) is 12.8. The van der Waals surface area contributed by atoms with Gasteiger partial charge < -0.3 is 9.47 Å². The third-order valence-electron chi connectivity index (χ3n) is 8.41. The summed E-state index contributed by atoms with van der Waals surface area (Å²) in [5.41, 5.74) is 3.45. The monoisotopic (exact) mass is 602 g/mol. The first kappa shape index (κ1) is 29.1. The predicted molar refractivity (Wildman–Crippen MR) is 162 cm³/mol. The van der Waals surface area contributed by atoms with Crippen molar-refractivity contribution < 1.29 is 22.3 Å². The largest absolute Gasteiger partial charge is 0.497 e. The molecule has 2 aliphatic rings. The fraction of sp³-hybridized carbons (Fsp3) is 0.333. The van der Waals surface area contributed by atoms with Crippen LogP contribution >= 0.6 is 0 Å². The number of likely N-dealkylation sites (tertiary alicyclic amines) is 1. The zero-order valence-electron chi connectivity index (χ0n) is 24.3. The van der Waals surface area contributed by atoms with Gasteiger partial charge in [0, 0.05) is 42.5 Å². The van der Waals surface area contributed by atoms with Crippen LogP contribution in [0.1, 0.15) is 60.0 Å². The maximum Gasteiger partial charge on any atom is 0.270 e. The topological polar surface area (TPSA) is 84.9 Å². The van der Waals surface area contributed by atoms with Gasteiger partial charge in [0.1, 0.15) is 22.2 Å². The number of methoxy groups -OCH3 is 1. The van der Waals surface area contributed by atoms with E-state index in [0.717, 1.165) is 35.7 Å². The molecule has 0 saturated carbocycles. The lowest BCUT2D eigenvalue weighted by molar-refractivity contribution is 0.0665. The normalized spacial score (nSPS) is 18.9. The average molecular weight is 603 g/mol. The Kier molecular flexibility index (Phi) is 8.32. The van der Waals surface area contributed by atoms with Crippen molar-refractivity contribution in [1.29, 1.82) is 0 Å². The lowest BCUT2D eigenvalue weighted by atomic mass is 9.89. The SMILES string of the molecule is COc1ccc(CN(c2ncccn2)S(=O)(=O)c2cc3c(cc2F)C(N2CCCC[C@H]2c2ccccc2)CCO3)c(C)c1. The van der Waals surface area contributed by atoms with Crippen LogP contribution in [0.5, 0.6) is 11.5 Å². The van der Waals surface area contributed by atoms with Gasteiger partial charge in [0.05, 0.1) is 20.3 Å². The highest BCUT2D eigenvalue weighted by atomic mass is 32.2. The quantitative estimate of drug-likeness (QED) is 0.231. The molecule has 0 spiro atoms. The van der Waals surface area contributed by atoms with Crippen molar-refractivity contribution in [3.05, 3.63) is 107 Å². The summed E-state index contributed by atoms with van der Waals surface area (Å²) >= 11 is 0. The first-order valence-corrected chi connectivity index (χ1v) is 16.0. The van der Waals surface area contributed by atoms with Crippen molar-refractivity contribution in [3.8, 4) is 11.5 Å². The summed E-state index contributed by atoms with van der Waals surface area (Å²) in [7, 11) is -2.87. The van der Waals surface area contributed by atoms with Gasteiger partial charge in [-0.3, -0.25) is 4.90 Å². The Bertz CT molecular complexity index is 1690. The summed E-state index contributed by atoms with van der Waals surface area (Å²) in [6.07, 6.45) is 6.82. The lowest BCUT2D eigenvalue weighted by Crippen LogP contribution is -2.39. The standard InChI is InChI=1S/C33H35FN4O4S/c1-23-19-26(41-2)13-12-25(23)22-38(33-35-15-8-16-36-33)43(39,40)32-21-31-27(20-28(32)34)30(14-18-42-31)37-17-7-6-11-29(37)24-9-4-3-5-10-24/h3-5,8-10,12-13,15-16,19-21,29-30H,6-7,11,14,17-18,22H2,1-2H3/t29-,30?/m0/s1. The highest BCUT2D eigenvalue weighted by molar-refractivity contribution is 7.92. The number of aromatic nitrogens is 2. The molecule has 0 bridgehead atoms. The van der Waals surface area contributed by atoms with Crippen LogP contribution in [0.3, 0.4) is 0 Å². The molecule has 0 N–H and O–H groups in total. The number of hydrogen-bond acceptors (Lipinski definition) is 7. The van der Waals surface area contributed by atoms with Gasteiger partial charge in [0.25, 0.3) is 10.0 Å². The van der Waals surface area contributed by atoms with E-state index in [2.05, 4.69) is 27.0 Å². The summed E-state index contributed by atoms with van der Waals surface area (Å²) in [6, 6.07) is 20.2. The summed E-state index contributed by atoms with van der Waals surface area (Å²) in [4.78, 5) is 10.4. The fourth-order valence-electron chi connectivity index (χ4n) is 6.20. The number of ether oxygens (including phenoxy) is 2. The van der Waals surface area contributed by atoms with Crippen LogP contribution < -0.4 is 13.8 Å². The van der Waals surface area contributed by atoms with Crippen molar-refractivity contribution >= 4 is 16.0 Å². The number of fused-ring (bicyclic) bond motifs is 1. The number of anilines is 1. The molecule has 1 unspecified atom stereocenters. The smallest absolute Gasteiger partial charge is 0.270 e. The predicted octanol–water partition coefficient (Wildman–Crippen LogP) is 6.38. The molecule has 10 heteroatoms. The zero-order valence-corrected chi connectivity index (χ0v) is 25.1. The van der Waals surface area contributed by atoms with Crippen LogP contribution in [0, 0.1) is 12.7 Å². The zero-order chi connectivity index (χ0) is 30.0. The van der Waals surface area contributed by atoms with Crippen molar-refractivity contribution in [2.75, 3.05) is 24.6 Å². The van der Waals surface area contributed by atoms with Crippen molar-refractivity contribution in [2.45, 2.75) is 56.1 Å². The maximum absolute atomic E-state index is 16.1. The first-order chi connectivity index (χ1) is 20.9. The minimum absolute atomic E-state index is 0.0485. The van der Waals surface area contributed by atoms with E-state index in [0.29, 0.717) is 35.7 Å². The molecule has 1 saturated heterocycles. The molecule has 6 rings (SSSR count). The number of aryl methyl sites for hydroxylation is 1. The lowest BCUT2D eigenvalue weighted by Gasteiger charge is -2.43. The van der Waals surface area contributed by atoms with Crippen LogP contribution in [-0.4, -0.2) is 43.5 Å². The Morgan fingerprint density at radius 2 is 1.79 bits per heavy atom. The van der Waals surface area contributed by atoms with Gasteiger partial charge in [-0.1, -0.05) is 42.8 Å². The third kappa shape index (κ3) is 5.81. The minimum Gasteiger partial charge on any atom is -0.497 e. The average Bonchev–Trinajstić information content (AvgIpc) is 3.04. The van der Waals surface area contributed by atoms with Crippen LogP contribution in [0.4, 0.5) is 10.3 Å². The Morgan fingerprint density at radius 3 is 2.53 bits per heavy atom.